The first-order valence-electron chi connectivity index (χ1n) is 10.2. The number of carbonyl (C=O) groups excluding carboxylic acids is 1. The molecule has 2 heterocycles. The summed E-state index contributed by atoms with van der Waals surface area (Å²) in [6, 6.07) is 2.34. The van der Waals surface area contributed by atoms with E-state index in [1.165, 1.54) is 6.20 Å². The van der Waals surface area contributed by atoms with E-state index in [-0.39, 0.29) is 17.5 Å². The van der Waals surface area contributed by atoms with E-state index in [1.54, 1.807) is 36.3 Å². The Bertz CT molecular complexity index is 1090. The highest BCUT2D eigenvalue weighted by atomic mass is 19.1. The third-order valence-electron chi connectivity index (χ3n) is 5.14. The monoisotopic (exact) mass is 433 g/mol. The van der Waals surface area contributed by atoms with E-state index < -0.39 is 34.5 Å². The number of amides is 1. The van der Waals surface area contributed by atoms with Gasteiger partial charge in [-0.3, -0.25) is 4.79 Å². The minimum atomic E-state index is -1.35. The van der Waals surface area contributed by atoms with Gasteiger partial charge >= 0.3 is 12.1 Å². The molecule has 2 aromatic rings. The van der Waals surface area contributed by atoms with Crippen LogP contribution in [0, 0.1) is 5.82 Å². The summed E-state index contributed by atoms with van der Waals surface area (Å²) in [6.07, 6.45) is 1.40. The van der Waals surface area contributed by atoms with Gasteiger partial charge in [-0.05, 0) is 53.2 Å². The molecule has 2 N–H and O–H groups in total. The zero-order valence-electron chi connectivity index (χ0n) is 18.4. The van der Waals surface area contributed by atoms with Crippen LogP contribution in [0.4, 0.5) is 14.9 Å². The largest absolute Gasteiger partial charge is 0.477 e. The number of rotatable bonds is 4. The lowest BCUT2D eigenvalue weighted by molar-refractivity contribution is 0.0508. The molecule has 0 saturated carbocycles. The third-order valence-corrected chi connectivity index (χ3v) is 5.14. The van der Waals surface area contributed by atoms with Crippen molar-refractivity contribution in [2.24, 2.45) is 0 Å². The van der Waals surface area contributed by atoms with Gasteiger partial charge in [0.05, 0.1) is 17.2 Å². The van der Waals surface area contributed by atoms with Crippen LogP contribution in [-0.4, -0.2) is 46.5 Å². The molecule has 31 heavy (non-hydrogen) atoms. The maximum atomic E-state index is 15.0. The van der Waals surface area contributed by atoms with Gasteiger partial charge in [0.2, 0.25) is 5.43 Å². The number of ether oxygens (including phenoxy) is 1. The second-order valence-corrected chi connectivity index (χ2v) is 9.08. The molecular formula is C22H28FN3O5. The molecular weight excluding hydrogens is 405 g/mol. The van der Waals surface area contributed by atoms with Gasteiger partial charge in [-0.15, -0.1) is 0 Å². The van der Waals surface area contributed by atoms with E-state index in [1.807, 2.05) is 13.8 Å². The van der Waals surface area contributed by atoms with E-state index in [0.29, 0.717) is 30.7 Å². The molecule has 1 amide bonds. The first kappa shape index (κ1) is 22.6. The molecule has 0 radical (unpaired) electrons. The smallest absolute Gasteiger partial charge is 0.407 e. The number of halogens is 1. The van der Waals surface area contributed by atoms with Gasteiger partial charge in [0.1, 0.15) is 17.0 Å². The number of nitrogens with one attached hydrogen (secondary N) is 1. The first-order valence-corrected chi connectivity index (χ1v) is 10.2. The Hall–Kier alpha value is -3.10. The first-order chi connectivity index (χ1) is 14.4. The number of hydrogen-bond acceptors (Lipinski definition) is 5. The van der Waals surface area contributed by atoms with Crippen molar-refractivity contribution in [1.82, 2.24) is 9.88 Å². The van der Waals surface area contributed by atoms with Crippen molar-refractivity contribution in [3.05, 3.63) is 39.9 Å². The van der Waals surface area contributed by atoms with E-state index in [9.17, 15) is 23.9 Å². The number of aromatic carboxylic acids is 1. The summed E-state index contributed by atoms with van der Waals surface area (Å²) in [5.74, 6) is -1.96. The van der Waals surface area contributed by atoms with Crippen LogP contribution in [-0.2, 0) is 4.74 Å². The molecule has 1 fully saturated rings. The fourth-order valence-corrected chi connectivity index (χ4v) is 3.75. The van der Waals surface area contributed by atoms with Crippen LogP contribution in [0.25, 0.3) is 10.9 Å². The number of benzene rings is 1. The van der Waals surface area contributed by atoms with Gasteiger partial charge in [-0.1, -0.05) is 0 Å². The van der Waals surface area contributed by atoms with Gasteiger partial charge in [0.15, 0.2) is 0 Å². The predicted molar refractivity (Wildman–Crippen MR) is 115 cm³/mol. The molecule has 1 unspecified atom stereocenters. The normalized spacial score (nSPS) is 16.7. The minimum Gasteiger partial charge on any atom is -0.477 e. The number of carboxylic acid groups (broad SMARTS) is 1. The fraction of sp³-hybridized carbons (Fsp3) is 0.500. The summed E-state index contributed by atoms with van der Waals surface area (Å²) in [5.41, 5.74) is -0.947. The number of carboxylic acids is 1. The molecule has 3 rings (SSSR count). The van der Waals surface area contributed by atoms with Crippen LogP contribution in [0.3, 0.4) is 0 Å². The lowest BCUT2D eigenvalue weighted by Crippen LogP contribution is -2.40. The number of alkyl carbamates (subject to hydrolysis) is 1. The van der Waals surface area contributed by atoms with Gasteiger partial charge < -0.3 is 24.6 Å². The van der Waals surface area contributed by atoms with Gasteiger partial charge in [0.25, 0.3) is 0 Å². The lowest BCUT2D eigenvalue weighted by atomic mass is 10.1. The SMILES string of the molecule is CC(C)n1cc(C(=O)O)c(=O)c2cc(F)c(N3CCC(NC(=O)OC(C)(C)C)C3)cc21. The summed E-state index contributed by atoms with van der Waals surface area (Å²) in [7, 11) is 0. The summed E-state index contributed by atoms with van der Waals surface area (Å²) < 4.78 is 21.9. The zero-order chi connectivity index (χ0) is 23.1. The highest BCUT2D eigenvalue weighted by Gasteiger charge is 2.28. The number of pyridine rings is 1. The zero-order valence-corrected chi connectivity index (χ0v) is 18.4. The Labute approximate surface area is 179 Å². The molecule has 8 nitrogen and oxygen atoms in total. The second kappa shape index (κ2) is 8.20. The van der Waals surface area contributed by atoms with E-state index in [4.69, 9.17) is 4.74 Å². The van der Waals surface area contributed by atoms with E-state index in [0.717, 1.165) is 6.07 Å². The van der Waals surface area contributed by atoms with Crippen molar-refractivity contribution in [2.45, 2.75) is 58.7 Å². The van der Waals surface area contributed by atoms with Crippen molar-refractivity contribution in [3.63, 3.8) is 0 Å². The topological polar surface area (TPSA) is 101 Å². The summed E-state index contributed by atoms with van der Waals surface area (Å²) in [6.45, 7) is 9.96. The molecule has 1 saturated heterocycles. The lowest BCUT2D eigenvalue weighted by Gasteiger charge is -2.23. The summed E-state index contributed by atoms with van der Waals surface area (Å²) >= 11 is 0. The Morgan fingerprint density at radius 1 is 1.29 bits per heavy atom. The molecule has 1 aliphatic heterocycles. The average molecular weight is 433 g/mol. The van der Waals surface area contributed by atoms with Gasteiger partial charge in [-0.25, -0.2) is 14.0 Å². The van der Waals surface area contributed by atoms with E-state index in [2.05, 4.69) is 5.32 Å². The quantitative estimate of drug-likeness (QED) is 0.765. The number of anilines is 1. The van der Waals surface area contributed by atoms with Gasteiger partial charge in [0, 0.05) is 30.7 Å². The highest BCUT2D eigenvalue weighted by molar-refractivity contribution is 5.93. The van der Waals surface area contributed by atoms with Crippen molar-refractivity contribution < 1.29 is 23.8 Å². The maximum absolute atomic E-state index is 15.0. The number of aromatic nitrogens is 1. The van der Waals surface area contributed by atoms with Gasteiger partial charge in [-0.2, -0.15) is 0 Å². The molecule has 0 bridgehead atoms. The predicted octanol–water partition coefficient (Wildman–Crippen LogP) is 3.52. The standard InChI is InChI=1S/C22H28FN3O5/c1-12(2)26-11-15(20(28)29)19(27)14-8-16(23)18(9-17(14)26)25-7-6-13(10-25)24-21(30)31-22(3,4)5/h8-9,11-13H,6-7,10H2,1-5H3,(H,24,30)(H,28,29). The Morgan fingerprint density at radius 2 is 1.97 bits per heavy atom. The molecule has 168 valence electrons. The van der Waals surface area contributed by atoms with Crippen molar-refractivity contribution in [1.29, 1.82) is 0 Å². The Balaban J connectivity index is 1.93. The molecule has 1 atom stereocenters. The fourth-order valence-electron chi connectivity index (χ4n) is 3.75. The van der Waals surface area contributed by atoms with Crippen LogP contribution in [0.15, 0.2) is 23.1 Å². The van der Waals surface area contributed by atoms with Crippen LogP contribution < -0.4 is 15.6 Å². The number of carbonyl (C=O) groups is 2. The maximum Gasteiger partial charge on any atom is 0.407 e. The molecule has 0 aliphatic carbocycles. The molecule has 0 spiro atoms. The molecule has 9 heteroatoms. The van der Waals surface area contributed by atoms with Crippen LogP contribution in [0.1, 0.15) is 57.4 Å². The minimum absolute atomic E-state index is 0.0254. The Kier molecular flexibility index (Phi) is 5.98. The highest BCUT2D eigenvalue weighted by Crippen LogP contribution is 2.29. The summed E-state index contributed by atoms with van der Waals surface area (Å²) in [5, 5.41) is 12.2. The van der Waals surface area contributed by atoms with Crippen LogP contribution in [0.5, 0.6) is 0 Å². The van der Waals surface area contributed by atoms with Crippen molar-refractivity contribution in [3.8, 4) is 0 Å². The van der Waals surface area contributed by atoms with Crippen molar-refractivity contribution in [2.75, 3.05) is 18.0 Å². The van der Waals surface area contributed by atoms with E-state index >= 15 is 0 Å². The van der Waals surface area contributed by atoms with Crippen molar-refractivity contribution >= 4 is 28.7 Å². The Morgan fingerprint density at radius 3 is 2.55 bits per heavy atom. The molecule has 1 aromatic heterocycles. The number of fused-ring (bicyclic) bond motifs is 1. The third kappa shape index (κ3) is 4.81. The van der Waals surface area contributed by atoms with Crippen LogP contribution >= 0.6 is 0 Å². The van der Waals surface area contributed by atoms with Crippen LogP contribution in [0.2, 0.25) is 0 Å². The number of hydrogen-bond donors (Lipinski definition) is 2. The summed E-state index contributed by atoms with van der Waals surface area (Å²) in [4.78, 5) is 37.9. The molecule has 1 aliphatic rings. The second-order valence-electron chi connectivity index (χ2n) is 9.08. The molecule has 1 aromatic carbocycles. The number of nitrogens with zero attached hydrogens (tertiary/aromatic N) is 2. The average Bonchev–Trinajstić information content (AvgIpc) is 3.07.